The third kappa shape index (κ3) is 3.27. The summed E-state index contributed by atoms with van der Waals surface area (Å²) in [5, 5.41) is 2.05. The summed E-state index contributed by atoms with van der Waals surface area (Å²) in [5.41, 5.74) is 4.17. The lowest BCUT2D eigenvalue weighted by atomic mass is 9.90. The van der Waals surface area contributed by atoms with E-state index in [1.54, 1.807) is 25.6 Å². The second kappa shape index (κ2) is 7.68. The average molecular weight is 394 g/mol. The molecule has 1 aliphatic heterocycles. The first kappa shape index (κ1) is 18.6. The van der Waals surface area contributed by atoms with E-state index in [0.29, 0.717) is 12.3 Å². The fourth-order valence-corrected chi connectivity index (χ4v) is 4.63. The Balaban J connectivity index is 1.81. The lowest BCUT2D eigenvalue weighted by molar-refractivity contribution is 0.0697. The van der Waals surface area contributed by atoms with Crippen LogP contribution in [0.3, 0.4) is 0 Å². The Morgan fingerprint density at radius 2 is 1.79 bits per heavy atom. The highest BCUT2D eigenvalue weighted by Gasteiger charge is 2.34. The van der Waals surface area contributed by atoms with Gasteiger partial charge in [0, 0.05) is 17.0 Å². The number of hydrogen-bond donors (Lipinski definition) is 0. The number of aryl methyl sites for hydroxylation is 1. The molecule has 0 N–H and O–H groups in total. The van der Waals surface area contributed by atoms with Crippen molar-refractivity contribution in [2.24, 2.45) is 0 Å². The summed E-state index contributed by atoms with van der Waals surface area (Å²) >= 11 is 1.67. The van der Waals surface area contributed by atoms with Gasteiger partial charge in [0.15, 0.2) is 11.5 Å². The number of methoxy groups -OCH3 is 2. The van der Waals surface area contributed by atoms with E-state index >= 15 is 0 Å². The van der Waals surface area contributed by atoms with Crippen LogP contribution in [0.1, 0.15) is 38.0 Å². The Kier molecular flexibility index (Phi) is 5.09. The van der Waals surface area contributed by atoms with Crippen LogP contribution < -0.4 is 9.47 Å². The minimum absolute atomic E-state index is 0.0545. The van der Waals surface area contributed by atoms with Gasteiger partial charge >= 0.3 is 0 Å². The molecular formula is C23H23NO3S. The summed E-state index contributed by atoms with van der Waals surface area (Å²) in [6, 6.07) is 15.9. The topological polar surface area (TPSA) is 38.8 Å². The largest absolute Gasteiger partial charge is 0.493 e. The van der Waals surface area contributed by atoms with Crippen LogP contribution in [-0.4, -0.2) is 31.6 Å². The normalized spacial score (nSPS) is 15.8. The number of hydrogen-bond acceptors (Lipinski definition) is 4. The van der Waals surface area contributed by atoms with Gasteiger partial charge in [0.05, 0.1) is 20.3 Å². The second-order valence-corrected chi connectivity index (χ2v) is 7.92. The van der Waals surface area contributed by atoms with Gasteiger partial charge in [0.1, 0.15) is 0 Å². The number of benzene rings is 2. The van der Waals surface area contributed by atoms with E-state index in [2.05, 4.69) is 11.4 Å². The predicted octanol–water partition coefficient (Wildman–Crippen LogP) is 4.86. The molecule has 4 rings (SSSR count). The third-order valence-corrected chi connectivity index (χ3v) is 6.17. The number of nitrogens with zero attached hydrogens (tertiary/aromatic N) is 1. The molecule has 0 spiro atoms. The highest BCUT2D eigenvalue weighted by Crippen LogP contribution is 2.42. The lowest BCUT2D eigenvalue weighted by Crippen LogP contribution is -2.40. The van der Waals surface area contributed by atoms with E-state index in [1.807, 2.05) is 54.3 Å². The molecule has 0 aliphatic carbocycles. The van der Waals surface area contributed by atoms with Gasteiger partial charge in [-0.3, -0.25) is 4.79 Å². The van der Waals surface area contributed by atoms with Crippen molar-refractivity contribution in [3.05, 3.63) is 81.0 Å². The molecule has 0 bridgehead atoms. The van der Waals surface area contributed by atoms with Crippen LogP contribution in [0.25, 0.3) is 0 Å². The monoisotopic (exact) mass is 393 g/mol. The number of amides is 1. The highest BCUT2D eigenvalue weighted by molar-refractivity contribution is 7.10. The number of carbonyl (C=O) groups excluding carboxylic acids is 1. The summed E-state index contributed by atoms with van der Waals surface area (Å²) < 4.78 is 11.0. The Labute approximate surface area is 169 Å². The van der Waals surface area contributed by atoms with Crippen molar-refractivity contribution < 1.29 is 14.3 Å². The quantitative estimate of drug-likeness (QED) is 0.635. The molecule has 3 aromatic rings. The summed E-state index contributed by atoms with van der Waals surface area (Å²) in [7, 11) is 3.29. The van der Waals surface area contributed by atoms with Crippen LogP contribution in [0.4, 0.5) is 0 Å². The summed E-state index contributed by atoms with van der Waals surface area (Å²) in [6.45, 7) is 2.69. The summed E-state index contributed by atoms with van der Waals surface area (Å²) in [6.07, 6.45) is 0.787. The van der Waals surface area contributed by atoms with Crippen molar-refractivity contribution in [1.29, 1.82) is 0 Å². The Bertz CT molecular complexity index is 980. The second-order valence-electron chi connectivity index (χ2n) is 6.94. The Morgan fingerprint density at radius 3 is 2.43 bits per heavy atom. The van der Waals surface area contributed by atoms with Gasteiger partial charge in [0.2, 0.25) is 0 Å². The molecule has 4 nitrogen and oxygen atoms in total. The minimum Gasteiger partial charge on any atom is -0.493 e. The molecule has 0 unspecified atom stereocenters. The first-order valence-electron chi connectivity index (χ1n) is 9.28. The molecule has 28 heavy (non-hydrogen) atoms. The zero-order valence-corrected chi connectivity index (χ0v) is 17.1. The Morgan fingerprint density at radius 1 is 1.07 bits per heavy atom. The standard InChI is InChI=1S/C23H23NO3S/c1-15-6-8-16(9-7-15)23(25)24-11-10-17-13-19(26-2)20(27-3)14-18(17)22(24)21-5-4-12-28-21/h4-9,12-14,22H,10-11H2,1-3H3/t22-/m1/s1. The molecule has 2 heterocycles. The van der Waals surface area contributed by atoms with Crippen LogP contribution in [0.2, 0.25) is 0 Å². The fraction of sp³-hybridized carbons (Fsp3) is 0.261. The van der Waals surface area contributed by atoms with Gasteiger partial charge < -0.3 is 14.4 Å². The molecule has 1 aromatic heterocycles. The molecule has 0 radical (unpaired) electrons. The minimum atomic E-state index is -0.127. The lowest BCUT2D eigenvalue weighted by Gasteiger charge is -2.37. The number of thiophene rings is 1. The van der Waals surface area contributed by atoms with E-state index in [4.69, 9.17) is 9.47 Å². The van der Waals surface area contributed by atoms with Crippen LogP contribution in [-0.2, 0) is 6.42 Å². The molecule has 0 fully saturated rings. The highest BCUT2D eigenvalue weighted by atomic mass is 32.1. The summed E-state index contributed by atoms with van der Waals surface area (Å²) in [5.74, 6) is 1.47. The summed E-state index contributed by atoms with van der Waals surface area (Å²) in [4.78, 5) is 16.5. The SMILES string of the molecule is COc1cc2c(cc1OC)[C@H](c1cccs1)N(C(=O)c1ccc(C)cc1)CC2. The zero-order valence-electron chi connectivity index (χ0n) is 16.3. The van der Waals surface area contributed by atoms with Crippen LogP contribution in [0, 0.1) is 6.92 Å². The molecule has 5 heteroatoms. The van der Waals surface area contributed by atoms with Crippen molar-refractivity contribution in [2.75, 3.05) is 20.8 Å². The van der Waals surface area contributed by atoms with E-state index in [-0.39, 0.29) is 11.9 Å². The number of ether oxygens (including phenoxy) is 2. The molecule has 0 saturated heterocycles. The molecule has 2 aromatic carbocycles. The van der Waals surface area contributed by atoms with E-state index < -0.39 is 0 Å². The molecule has 1 atom stereocenters. The first-order chi connectivity index (χ1) is 13.6. The van der Waals surface area contributed by atoms with Crippen molar-refractivity contribution in [1.82, 2.24) is 4.90 Å². The Hall–Kier alpha value is -2.79. The number of fused-ring (bicyclic) bond motifs is 1. The molecule has 1 amide bonds. The predicted molar refractivity (Wildman–Crippen MR) is 112 cm³/mol. The van der Waals surface area contributed by atoms with E-state index in [9.17, 15) is 4.79 Å². The maximum atomic E-state index is 13.4. The van der Waals surface area contributed by atoms with Gasteiger partial charge in [-0.2, -0.15) is 0 Å². The zero-order chi connectivity index (χ0) is 19.7. The molecular weight excluding hydrogens is 370 g/mol. The van der Waals surface area contributed by atoms with E-state index in [1.165, 1.54) is 5.56 Å². The van der Waals surface area contributed by atoms with Gasteiger partial charge in [-0.25, -0.2) is 0 Å². The van der Waals surface area contributed by atoms with Crippen molar-refractivity contribution in [2.45, 2.75) is 19.4 Å². The van der Waals surface area contributed by atoms with Crippen molar-refractivity contribution in [3.63, 3.8) is 0 Å². The van der Waals surface area contributed by atoms with E-state index in [0.717, 1.165) is 33.7 Å². The molecule has 0 saturated carbocycles. The van der Waals surface area contributed by atoms with Gasteiger partial charge in [-0.1, -0.05) is 23.8 Å². The van der Waals surface area contributed by atoms with Gasteiger partial charge in [0.25, 0.3) is 5.91 Å². The van der Waals surface area contributed by atoms with Crippen molar-refractivity contribution >= 4 is 17.2 Å². The van der Waals surface area contributed by atoms with Crippen molar-refractivity contribution in [3.8, 4) is 11.5 Å². The van der Waals surface area contributed by atoms with Crippen LogP contribution in [0.15, 0.2) is 53.9 Å². The number of rotatable bonds is 4. The number of carbonyl (C=O) groups is 1. The molecule has 1 aliphatic rings. The van der Waals surface area contributed by atoms with Crippen LogP contribution >= 0.6 is 11.3 Å². The van der Waals surface area contributed by atoms with Crippen LogP contribution in [0.5, 0.6) is 11.5 Å². The molecule has 144 valence electrons. The fourth-order valence-electron chi connectivity index (χ4n) is 3.78. The van der Waals surface area contributed by atoms with Gasteiger partial charge in [-0.15, -0.1) is 11.3 Å². The maximum absolute atomic E-state index is 13.4. The smallest absolute Gasteiger partial charge is 0.254 e. The third-order valence-electron chi connectivity index (χ3n) is 5.25. The average Bonchev–Trinajstić information content (AvgIpc) is 3.26. The first-order valence-corrected chi connectivity index (χ1v) is 10.2. The van der Waals surface area contributed by atoms with Gasteiger partial charge in [-0.05, 0) is 60.2 Å². The maximum Gasteiger partial charge on any atom is 0.254 e.